The Labute approximate surface area is 141 Å². The molecule has 0 saturated heterocycles. The molecule has 0 heterocycles. The largest absolute Gasteiger partial charge is 0.507 e. The van der Waals surface area contributed by atoms with Crippen LogP contribution in [-0.2, 0) is 6.18 Å². The smallest absolute Gasteiger partial charge is 0.420 e. The number of aromatic hydroxyl groups is 1. The molecule has 1 N–H and O–H groups in total. The third kappa shape index (κ3) is 4.23. The highest BCUT2D eigenvalue weighted by atomic mass is 19.4. The quantitative estimate of drug-likeness (QED) is 0.630. The zero-order valence-corrected chi connectivity index (χ0v) is 12.8. The number of ether oxygens (including phenoxy) is 2. The summed E-state index contributed by atoms with van der Waals surface area (Å²) in [5, 5.41) is 9.32. The van der Waals surface area contributed by atoms with Crippen molar-refractivity contribution in [3.63, 3.8) is 0 Å². The van der Waals surface area contributed by atoms with Gasteiger partial charge in [0.25, 0.3) is 0 Å². The number of halogens is 3. The Hall–Kier alpha value is -3.15. The standard InChI is InChI=1S/C19H13F3O3/c20-19(21,22)17-12-16(10-11-18(17)23)25-15-8-6-14(7-9-15)24-13-4-2-1-3-5-13/h1-12,23H. The molecule has 3 rings (SSSR count). The Kier molecular flexibility index (Phi) is 4.52. The van der Waals surface area contributed by atoms with Crippen LogP contribution in [-0.4, -0.2) is 5.11 Å². The Morgan fingerprint density at radius 3 is 1.68 bits per heavy atom. The van der Waals surface area contributed by atoms with Gasteiger partial charge < -0.3 is 14.6 Å². The first kappa shape index (κ1) is 16.7. The zero-order chi connectivity index (χ0) is 17.9. The summed E-state index contributed by atoms with van der Waals surface area (Å²) in [6, 6.07) is 18.6. The fraction of sp³-hybridized carbons (Fsp3) is 0.0526. The maximum absolute atomic E-state index is 12.8. The fourth-order valence-electron chi connectivity index (χ4n) is 2.14. The van der Waals surface area contributed by atoms with Crippen molar-refractivity contribution in [2.24, 2.45) is 0 Å². The van der Waals surface area contributed by atoms with Crippen molar-refractivity contribution in [3.05, 3.63) is 78.4 Å². The summed E-state index contributed by atoms with van der Waals surface area (Å²) < 4.78 is 49.4. The number of phenolic OH excluding ortho intramolecular Hbond substituents is 1. The SMILES string of the molecule is Oc1ccc(Oc2ccc(Oc3ccccc3)cc2)cc1C(F)(F)F. The lowest BCUT2D eigenvalue weighted by atomic mass is 10.2. The lowest BCUT2D eigenvalue weighted by Crippen LogP contribution is -2.05. The van der Waals surface area contributed by atoms with Crippen molar-refractivity contribution in [2.75, 3.05) is 0 Å². The van der Waals surface area contributed by atoms with Gasteiger partial charge in [-0.3, -0.25) is 0 Å². The van der Waals surface area contributed by atoms with E-state index in [1.807, 2.05) is 18.2 Å². The lowest BCUT2D eigenvalue weighted by molar-refractivity contribution is -0.138. The van der Waals surface area contributed by atoms with Crippen molar-refractivity contribution in [3.8, 4) is 28.7 Å². The molecule has 0 aliphatic heterocycles. The Balaban J connectivity index is 1.74. The summed E-state index contributed by atoms with van der Waals surface area (Å²) in [5.41, 5.74) is -1.14. The number of para-hydroxylation sites is 1. The molecule has 3 aromatic rings. The van der Waals surface area contributed by atoms with Crippen LogP contribution in [0.5, 0.6) is 28.7 Å². The molecule has 0 aromatic heterocycles. The number of phenols is 1. The van der Waals surface area contributed by atoms with Crippen molar-refractivity contribution >= 4 is 0 Å². The van der Waals surface area contributed by atoms with E-state index < -0.39 is 17.5 Å². The van der Waals surface area contributed by atoms with Crippen LogP contribution in [0.2, 0.25) is 0 Å². The highest BCUT2D eigenvalue weighted by Gasteiger charge is 2.34. The molecule has 0 atom stereocenters. The van der Waals surface area contributed by atoms with Crippen molar-refractivity contribution in [2.45, 2.75) is 6.18 Å². The first-order valence-electron chi connectivity index (χ1n) is 7.33. The molecule has 25 heavy (non-hydrogen) atoms. The second-order valence-corrected chi connectivity index (χ2v) is 5.17. The maximum Gasteiger partial charge on any atom is 0.420 e. The van der Waals surface area contributed by atoms with Crippen molar-refractivity contribution in [1.29, 1.82) is 0 Å². The molecule has 0 bridgehead atoms. The van der Waals surface area contributed by atoms with E-state index in [0.717, 1.165) is 12.1 Å². The van der Waals surface area contributed by atoms with E-state index >= 15 is 0 Å². The van der Waals surface area contributed by atoms with Gasteiger partial charge in [-0.25, -0.2) is 0 Å². The fourth-order valence-corrected chi connectivity index (χ4v) is 2.14. The van der Waals surface area contributed by atoms with Gasteiger partial charge in [0.2, 0.25) is 0 Å². The van der Waals surface area contributed by atoms with Gasteiger partial charge in [-0.05, 0) is 54.6 Å². The van der Waals surface area contributed by atoms with Gasteiger partial charge in [0.15, 0.2) is 0 Å². The highest BCUT2D eigenvalue weighted by Crippen LogP contribution is 2.38. The van der Waals surface area contributed by atoms with Crippen LogP contribution in [0, 0.1) is 0 Å². The molecule has 6 heteroatoms. The van der Waals surface area contributed by atoms with E-state index in [1.54, 1.807) is 36.4 Å². The predicted octanol–water partition coefficient (Wildman–Crippen LogP) is 6.00. The molecule has 0 fully saturated rings. The first-order valence-corrected chi connectivity index (χ1v) is 7.33. The summed E-state index contributed by atoms with van der Waals surface area (Å²) in [5.74, 6) is 0.720. The summed E-state index contributed by atoms with van der Waals surface area (Å²) in [6.07, 6.45) is -4.66. The summed E-state index contributed by atoms with van der Waals surface area (Å²) >= 11 is 0. The Morgan fingerprint density at radius 1 is 0.640 bits per heavy atom. The van der Waals surface area contributed by atoms with Crippen LogP contribution in [0.25, 0.3) is 0 Å². The monoisotopic (exact) mass is 346 g/mol. The molecular formula is C19H13F3O3. The average Bonchev–Trinajstić information content (AvgIpc) is 2.58. The molecule has 0 saturated carbocycles. The molecule has 3 nitrogen and oxygen atoms in total. The normalized spacial score (nSPS) is 11.2. The number of benzene rings is 3. The molecular weight excluding hydrogens is 333 g/mol. The van der Waals surface area contributed by atoms with Crippen LogP contribution >= 0.6 is 0 Å². The van der Waals surface area contributed by atoms with Crippen molar-refractivity contribution < 1.29 is 27.8 Å². The van der Waals surface area contributed by atoms with Crippen LogP contribution in [0.3, 0.4) is 0 Å². The van der Waals surface area contributed by atoms with Gasteiger partial charge in [0, 0.05) is 0 Å². The number of rotatable bonds is 4. The molecule has 3 aromatic carbocycles. The zero-order valence-electron chi connectivity index (χ0n) is 12.8. The topological polar surface area (TPSA) is 38.7 Å². The average molecular weight is 346 g/mol. The van der Waals surface area contributed by atoms with Crippen LogP contribution in [0.15, 0.2) is 72.8 Å². The summed E-state index contributed by atoms with van der Waals surface area (Å²) in [6.45, 7) is 0. The van der Waals surface area contributed by atoms with Gasteiger partial charge in [0.05, 0.1) is 0 Å². The molecule has 0 radical (unpaired) electrons. The highest BCUT2D eigenvalue weighted by molar-refractivity contribution is 5.43. The Morgan fingerprint density at radius 2 is 1.12 bits per heavy atom. The molecule has 0 spiro atoms. The first-order chi connectivity index (χ1) is 11.9. The minimum Gasteiger partial charge on any atom is -0.507 e. The van der Waals surface area contributed by atoms with Gasteiger partial charge >= 0.3 is 6.18 Å². The van der Waals surface area contributed by atoms with Gasteiger partial charge in [-0.2, -0.15) is 13.2 Å². The third-order valence-corrected chi connectivity index (χ3v) is 3.31. The number of hydrogen-bond donors (Lipinski definition) is 1. The minimum atomic E-state index is -4.66. The lowest BCUT2D eigenvalue weighted by Gasteiger charge is -2.12. The second-order valence-electron chi connectivity index (χ2n) is 5.17. The van der Waals surface area contributed by atoms with Gasteiger partial charge in [-0.1, -0.05) is 18.2 Å². The molecule has 0 unspecified atom stereocenters. The number of hydrogen-bond acceptors (Lipinski definition) is 3. The van der Waals surface area contributed by atoms with Gasteiger partial charge in [-0.15, -0.1) is 0 Å². The van der Waals surface area contributed by atoms with E-state index in [-0.39, 0.29) is 5.75 Å². The second kappa shape index (κ2) is 6.76. The van der Waals surface area contributed by atoms with Crippen molar-refractivity contribution in [1.82, 2.24) is 0 Å². The van der Waals surface area contributed by atoms with Crippen LogP contribution in [0.4, 0.5) is 13.2 Å². The minimum absolute atomic E-state index is 0.0261. The molecule has 0 aliphatic carbocycles. The van der Waals surface area contributed by atoms with E-state index in [0.29, 0.717) is 17.2 Å². The van der Waals surface area contributed by atoms with Crippen LogP contribution in [0.1, 0.15) is 5.56 Å². The van der Waals surface area contributed by atoms with E-state index in [1.165, 1.54) is 6.07 Å². The summed E-state index contributed by atoms with van der Waals surface area (Å²) in [4.78, 5) is 0. The molecule has 128 valence electrons. The van der Waals surface area contributed by atoms with Crippen LogP contribution < -0.4 is 9.47 Å². The van der Waals surface area contributed by atoms with E-state index in [9.17, 15) is 18.3 Å². The molecule has 0 amide bonds. The molecule has 0 aliphatic rings. The predicted molar refractivity (Wildman–Crippen MR) is 86.1 cm³/mol. The maximum atomic E-state index is 12.8. The van der Waals surface area contributed by atoms with Gasteiger partial charge in [0.1, 0.15) is 34.3 Å². The third-order valence-electron chi connectivity index (χ3n) is 3.31. The van der Waals surface area contributed by atoms with E-state index in [2.05, 4.69) is 0 Å². The number of alkyl halides is 3. The Bertz CT molecular complexity index is 844. The summed E-state index contributed by atoms with van der Waals surface area (Å²) in [7, 11) is 0. The van der Waals surface area contributed by atoms with E-state index in [4.69, 9.17) is 9.47 Å².